The number of hydrogen-bond donors (Lipinski definition) is 2. The number of halogens is 3. The molecule has 1 unspecified atom stereocenters. The molecular formula is C29H29F3O4. The van der Waals surface area contributed by atoms with Crippen LogP contribution in [0.1, 0.15) is 68.6 Å². The van der Waals surface area contributed by atoms with Crippen molar-refractivity contribution < 1.29 is 32.9 Å². The minimum atomic E-state index is -0.912. The monoisotopic (exact) mass is 498 g/mol. The molecule has 4 rings (SSSR count). The Morgan fingerprint density at radius 2 is 1.67 bits per heavy atom. The van der Waals surface area contributed by atoms with Crippen LogP contribution in [0.2, 0.25) is 0 Å². The van der Waals surface area contributed by atoms with Gasteiger partial charge >= 0.3 is 5.97 Å². The number of carbonyl (C=O) groups is 1. The van der Waals surface area contributed by atoms with Crippen molar-refractivity contribution in [3.8, 4) is 22.6 Å². The van der Waals surface area contributed by atoms with Crippen LogP contribution >= 0.6 is 0 Å². The Labute approximate surface area is 208 Å². The predicted octanol–water partition coefficient (Wildman–Crippen LogP) is 7.19. The topological polar surface area (TPSA) is 66.8 Å². The van der Waals surface area contributed by atoms with E-state index in [1.54, 1.807) is 36.4 Å². The molecule has 36 heavy (non-hydrogen) atoms. The van der Waals surface area contributed by atoms with E-state index in [-0.39, 0.29) is 17.2 Å². The van der Waals surface area contributed by atoms with Crippen LogP contribution in [0.5, 0.6) is 11.5 Å². The van der Waals surface area contributed by atoms with E-state index in [4.69, 9.17) is 4.74 Å². The number of carbonyl (C=O) groups excluding carboxylic acids is 1. The maximum absolute atomic E-state index is 15.1. The van der Waals surface area contributed by atoms with E-state index < -0.39 is 41.2 Å². The first kappa shape index (κ1) is 25.8. The molecule has 1 fully saturated rings. The van der Waals surface area contributed by atoms with E-state index in [0.29, 0.717) is 43.2 Å². The van der Waals surface area contributed by atoms with E-state index >= 15 is 8.78 Å². The van der Waals surface area contributed by atoms with Crippen molar-refractivity contribution in [1.82, 2.24) is 0 Å². The van der Waals surface area contributed by atoms with Crippen molar-refractivity contribution in [2.75, 3.05) is 0 Å². The van der Waals surface area contributed by atoms with E-state index in [1.807, 2.05) is 6.92 Å². The molecule has 4 nitrogen and oxygen atoms in total. The zero-order valence-electron chi connectivity index (χ0n) is 20.0. The predicted molar refractivity (Wildman–Crippen MR) is 130 cm³/mol. The third-order valence-electron chi connectivity index (χ3n) is 6.92. The second kappa shape index (κ2) is 11.2. The lowest BCUT2D eigenvalue weighted by atomic mass is 9.78. The van der Waals surface area contributed by atoms with E-state index in [0.717, 1.165) is 24.1 Å². The average Bonchev–Trinajstić information content (AvgIpc) is 2.88. The molecular weight excluding hydrogens is 469 g/mol. The second-order valence-electron chi connectivity index (χ2n) is 9.34. The second-order valence-corrected chi connectivity index (χ2v) is 9.34. The summed E-state index contributed by atoms with van der Waals surface area (Å²) in [7, 11) is 0. The molecule has 0 aliphatic heterocycles. The van der Waals surface area contributed by atoms with Crippen LogP contribution in [0.4, 0.5) is 13.2 Å². The lowest BCUT2D eigenvalue weighted by molar-refractivity contribution is -0.140. The van der Waals surface area contributed by atoms with Crippen molar-refractivity contribution in [2.45, 2.75) is 57.5 Å². The summed E-state index contributed by atoms with van der Waals surface area (Å²) in [5.41, 5.74) is 1.72. The number of phenolic OH excluding ortho intramolecular Hbond substituents is 1. The first-order valence-electron chi connectivity index (χ1n) is 12.2. The van der Waals surface area contributed by atoms with Gasteiger partial charge in [-0.25, -0.2) is 13.2 Å². The lowest BCUT2D eigenvalue weighted by Crippen LogP contribution is -2.25. The van der Waals surface area contributed by atoms with Crippen LogP contribution in [-0.4, -0.2) is 16.2 Å². The molecule has 3 aromatic carbocycles. The average molecular weight is 499 g/mol. The highest BCUT2D eigenvalue weighted by Crippen LogP contribution is 2.39. The van der Waals surface area contributed by atoms with Gasteiger partial charge in [-0.1, -0.05) is 49.7 Å². The number of phenols is 1. The van der Waals surface area contributed by atoms with Gasteiger partial charge in [-0.05, 0) is 66.8 Å². The highest BCUT2D eigenvalue weighted by molar-refractivity contribution is 5.75. The zero-order valence-corrected chi connectivity index (χ0v) is 20.0. The molecule has 0 spiro atoms. The van der Waals surface area contributed by atoms with Crippen LogP contribution in [0.15, 0.2) is 54.6 Å². The van der Waals surface area contributed by atoms with Crippen molar-refractivity contribution in [3.63, 3.8) is 0 Å². The molecule has 7 heteroatoms. The minimum Gasteiger partial charge on any atom is -0.505 e. The van der Waals surface area contributed by atoms with Crippen LogP contribution in [0.3, 0.4) is 0 Å². The fraction of sp³-hybridized carbons (Fsp3) is 0.345. The molecule has 3 aromatic rings. The molecule has 1 saturated carbocycles. The standard InChI is InChI=1S/C29H29F3O4/c1-2-3-25(33)19-8-4-17(5-9-19)22-13-14-23(28(32)27(22)31)18-6-10-20(11-7-18)29(35)36-21-12-15-26(34)24(30)16-21/h4-5,8-9,12-16,18,20,25,33-34H,2-3,6-7,10-11H2,1H3. The largest absolute Gasteiger partial charge is 0.505 e. The molecule has 1 atom stereocenters. The number of aliphatic hydroxyl groups excluding tert-OH is 1. The number of ether oxygens (including phenoxy) is 1. The third-order valence-corrected chi connectivity index (χ3v) is 6.92. The SMILES string of the molecule is CCCC(O)c1ccc(-c2ccc(C3CCC(C(=O)Oc4ccc(O)c(F)c4)CC3)c(F)c2F)cc1. The van der Waals surface area contributed by atoms with Gasteiger partial charge in [0.25, 0.3) is 0 Å². The van der Waals surface area contributed by atoms with Gasteiger partial charge in [0.15, 0.2) is 23.2 Å². The van der Waals surface area contributed by atoms with Gasteiger partial charge in [0.1, 0.15) is 5.75 Å². The Bertz CT molecular complexity index is 1220. The number of esters is 1. The van der Waals surface area contributed by atoms with Crippen molar-refractivity contribution in [3.05, 3.63) is 83.2 Å². The minimum absolute atomic E-state index is 0.00836. The van der Waals surface area contributed by atoms with E-state index in [1.165, 1.54) is 6.07 Å². The number of rotatable bonds is 7. The summed E-state index contributed by atoms with van der Waals surface area (Å²) >= 11 is 0. The van der Waals surface area contributed by atoms with Crippen molar-refractivity contribution in [1.29, 1.82) is 0 Å². The van der Waals surface area contributed by atoms with Crippen LogP contribution in [0.25, 0.3) is 11.1 Å². The third kappa shape index (κ3) is 5.57. The molecule has 0 bridgehead atoms. The molecule has 0 saturated heterocycles. The zero-order chi connectivity index (χ0) is 25.8. The molecule has 0 radical (unpaired) electrons. The molecule has 190 valence electrons. The number of aliphatic hydroxyl groups is 1. The normalized spacial score (nSPS) is 18.6. The molecule has 1 aliphatic rings. The highest BCUT2D eigenvalue weighted by Gasteiger charge is 2.31. The molecule has 2 N–H and O–H groups in total. The Kier molecular flexibility index (Phi) is 7.99. The summed E-state index contributed by atoms with van der Waals surface area (Å²) < 4.78 is 48.8. The number of benzene rings is 3. The summed E-state index contributed by atoms with van der Waals surface area (Å²) in [6.07, 6.45) is 2.75. The summed E-state index contributed by atoms with van der Waals surface area (Å²) in [5.74, 6) is -4.35. The van der Waals surface area contributed by atoms with Gasteiger partial charge in [0.2, 0.25) is 0 Å². The Morgan fingerprint density at radius 3 is 2.31 bits per heavy atom. The lowest BCUT2D eigenvalue weighted by Gasteiger charge is -2.28. The van der Waals surface area contributed by atoms with Gasteiger partial charge in [-0.3, -0.25) is 4.79 Å². The van der Waals surface area contributed by atoms with Gasteiger partial charge in [-0.2, -0.15) is 0 Å². The number of aromatic hydroxyl groups is 1. The first-order chi connectivity index (χ1) is 17.3. The van der Waals surface area contributed by atoms with Crippen LogP contribution in [0, 0.1) is 23.4 Å². The van der Waals surface area contributed by atoms with Crippen LogP contribution in [-0.2, 0) is 4.79 Å². The van der Waals surface area contributed by atoms with Crippen LogP contribution < -0.4 is 4.74 Å². The molecule has 0 amide bonds. The smallest absolute Gasteiger partial charge is 0.314 e. The van der Waals surface area contributed by atoms with Gasteiger partial charge in [0, 0.05) is 11.6 Å². The van der Waals surface area contributed by atoms with Gasteiger partial charge < -0.3 is 14.9 Å². The van der Waals surface area contributed by atoms with E-state index in [9.17, 15) is 19.4 Å². The maximum Gasteiger partial charge on any atom is 0.314 e. The Hall–Kier alpha value is -3.32. The van der Waals surface area contributed by atoms with Gasteiger partial charge in [0.05, 0.1) is 12.0 Å². The Balaban J connectivity index is 1.41. The molecule has 0 aromatic heterocycles. The van der Waals surface area contributed by atoms with Gasteiger partial charge in [-0.15, -0.1) is 0 Å². The van der Waals surface area contributed by atoms with Crippen molar-refractivity contribution in [2.24, 2.45) is 5.92 Å². The fourth-order valence-corrected chi connectivity index (χ4v) is 4.82. The highest BCUT2D eigenvalue weighted by atomic mass is 19.2. The molecule has 0 heterocycles. The quantitative estimate of drug-likeness (QED) is 0.267. The number of hydrogen-bond acceptors (Lipinski definition) is 4. The maximum atomic E-state index is 15.1. The molecule has 1 aliphatic carbocycles. The summed E-state index contributed by atoms with van der Waals surface area (Å²) in [6.45, 7) is 1.98. The first-order valence-corrected chi connectivity index (χ1v) is 12.2. The van der Waals surface area contributed by atoms with Crippen molar-refractivity contribution >= 4 is 5.97 Å². The fourth-order valence-electron chi connectivity index (χ4n) is 4.82. The Morgan fingerprint density at radius 1 is 0.972 bits per heavy atom. The summed E-state index contributed by atoms with van der Waals surface area (Å²) in [5, 5.41) is 19.4. The summed E-state index contributed by atoms with van der Waals surface area (Å²) in [4.78, 5) is 12.5. The van der Waals surface area contributed by atoms with E-state index in [2.05, 4.69) is 0 Å². The summed E-state index contributed by atoms with van der Waals surface area (Å²) in [6, 6.07) is 13.4.